The molecule has 2 heteroatoms. The molecule has 0 radical (unpaired) electrons. The van der Waals surface area contributed by atoms with Crippen LogP contribution in [0.15, 0.2) is 55.1 Å². The summed E-state index contributed by atoms with van der Waals surface area (Å²) >= 11 is 0. The molecule has 0 bridgehead atoms. The lowest BCUT2D eigenvalue weighted by Gasteiger charge is -2.21. The van der Waals surface area contributed by atoms with Gasteiger partial charge in [0, 0.05) is 5.56 Å². The third-order valence-corrected chi connectivity index (χ3v) is 3.62. The van der Waals surface area contributed by atoms with E-state index in [4.69, 9.17) is 4.74 Å². The van der Waals surface area contributed by atoms with E-state index in [0.29, 0.717) is 11.3 Å². The van der Waals surface area contributed by atoms with Crippen LogP contribution in [-0.2, 0) is 10.2 Å². The first-order valence-corrected chi connectivity index (χ1v) is 7.36. The highest BCUT2D eigenvalue weighted by Gasteiger charge is 2.16. The van der Waals surface area contributed by atoms with E-state index in [1.165, 1.54) is 5.56 Å². The molecule has 22 heavy (non-hydrogen) atoms. The van der Waals surface area contributed by atoms with Gasteiger partial charge in [0.15, 0.2) is 0 Å². The Hall–Kier alpha value is -2.35. The first-order valence-electron chi connectivity index (χ1n) is 7.36. The van der Waals surface area contributed by atoms with Crippen molar-refractivity contribution < 1.29 is 9.53 Å². The molecular formula is C20H22O2. The molecule has 0 unspecified atom stereocenters. The first kappa shape index (κ1) is 16.0. The maximum Gasteiger partial charge on any atom is 0.343 e. The smallest absolute Gasteiger partial charge is 0.343 e. The fourth-order valence-corrected chi connectivity index (χ4v) is 2.24. The molecule has 0 saturated heterocycles. The van der Waals surface area contributed by atoms with Crippen LogP contribution in [0, 0.1) is 6.92 Å². The van der Waals surface area contributed by atoms with Gasteiger partial charge in [0.2, 0.25) is 0 Å². The Kier molecular flexibility index (Phi) is 4.51. The molecule has 0 atom stereocenters. The van der Waals surface area contributed by atoms with Crippen molar-refractivity contribution in [3.05, 3.63) is 77.4 Å². The number of carbonyl (C=O) groups excluding carboxylic acids is 1. The maximum atomic E-state index is 12.1. The minimum Gasteiger partial charge on any atom is -0.423 e. The summed E-state index contributed by atoms with van der Waals surface area (Å²) in [5.74, 6) is -0.00305. The zero-order valence-electron chi connectivity index (χ0n) is 13.6. The molecule has 0 heterocycles. The molecule has 2 rings (SSSR count). The third kappa shape index (κ3) is 3.64. The fraction of sp³-hybridized carbons (Fsp3) is 0.250. The monoisotopic (exact) mass is 294 g/mol. The second kappa shape index (κ2) is 6.18. The summed E-state index contributed by atoms with van der Waals surface area (Å²) in [5, 5.41) is 0. The van der Waals surface area contributed by atoms with Gasteiger partial charge in [-0.25, -0.2) is 4.79 Å². The Bertz CT molecular complexity index is 691. The second-order valence-electron chi connectivity index (χ2n) is 6.46. The van der Waals surface area contributed by atoms with Crippen LogP contribution in [-0.4, -0.2) is 5.97 Å². The molecule has 0 fully saturated rings. The second-order valence-corrected chi connectivity index (χ2v) is 6.46. The van der Waals surface area contributed by atoms with Gasteiger partial charge in [-0.05, 0) is 35.6 Å². The molecule has 0 aliphatic carbocycles. The topological polar surface area (TPSA) is 26.3 Å². The molecule has 0 N–H and O–H groups in total. The number of aryl methyl sites for hydroxylation is 1. The molecule has 0 amide bonds. The molecule has 0 aromatic heterocycles. The molecule has 0 aliphatic rings. The Balaban J connectivity index is 2.18. The Labute approximate surface area is 132 Å². The van der Waals surface area contributed by atoms with Gasteiger partial charge in [-0.15, -0.1) is 0 Å². The molecule has 2 aromatic carbocycles. The summed E-state index contributed by atoms with van der Waals surface area (Å²) < 4.78 is 5.40. The average molecular weight is 294 g/mol. The summed E-state index contributed by atoms with van der Waals surface area (Å²) in [4.78, 5) is 12.1. The predicted octanol–water partition coefficient (Wildman–Crippen LogP) is 5.12. The van der Waals surface area contributed by atoms with E-state index >= 15 is 0 Å². The van der Waals surface area contributed by atoms with Crippen LogP contribution < -0.4 is 0 Å². The van der Waals surface area contributed by atoms with E-state index in [-0.39, 0.29) is 11.4 Å². The van der Waals surface area contributed by atoms with Gasteiger partial charge < -0.3 is 4.74 Å². The number of carbonyl (C=O) groups is 1. The van der Waals surface area contributed by atoms with E-state index in [1.54, 1.807) is 12.1 Å². The van der Waals surface area contributed by atoms with Crippen LogP contribution in [0.5, 0.6) is 0 Å². The SMILES string of the molecule is C=C(OC(=O)c1ccccc1)c1ccc(C(C)(C)C)cc1C. The van der Waals surface area contributed by atoms with Crippen molar-refractivity contribution in [2.45, 2.75) is 33.1 Å². The highest BCUT2D eigenvalue weighted by atomic mass is 16.5. The van der Waals surface area contributed by atoms with Gasteiger partial charge in [0.05, 0.1) is 5.56 Å². The lowest BCUT2D eigenvalue weighted by Crippen LogP contribution is -2.12. The number of rotatable bonds is 3. The minimum atomic E-state index is -0.384. The summed E-state index contributed by atoms with van der Waals surface area (Å²) in [6.45, 7) is 12.4. The number of benzene rings is 2. The fourth-order valence-electron chi connectivity index (χ4n) is 2.24. The highest BCUT2D eigenvalue weighted by Crippen LogP contribution is 2.27. The Morgan fingerprint density at radius 2 is 1.68 bits per heavy atom. The zero-order chi connectivity index (χ0) is 16.3. The van der Waals surface area contributed by atoms with E-state index in [1.807, 2.05) is 31.2 Å². The van der Waals surface area contributed by atoms with Gasteiger partial charge in [-0.3, -0.25) is 0 Å². The minimum absolute atomic E-state index is 0.0886. The van der Waals surface area contributed by atoms with Crippen molar-refractivity contribution in [2.75, 3.05) is 0 Å². The van der Waals surface area contributed by atoms with Crippen LogP contribution >= 0.6 is 0 Å². The van der Waals surface area contributed by atoms with Crippen molar-refractivity contribution in [1.82, 2.24) is 0 Å². The molecule has 114 valence electrons. The van der Waals surface area contributed by atoms with Gasteiger partial charge in [0.1, 0.15) is 5.76 Å². The van der Waals surface area contributed by atoms with Crippen LogP contribution in [0.3, 0.4) is 0 Å². The largest absolute Gasteiger partial charge is 0.423 e. The van der Waals surface area contributed by atoms with Gasteiger partial charge >= 0.3 is 5.97 Å². The number of esters is 1. The van der Waals surface area contributed by atoms with Gasteiger partial charge in [-0.1, -0.05) is 63.7 Å². The van der Waals surface area contributed by atoms with Crippen molar-refractivity contribution in [3.8, 4) is 0 Å². The summed E-state index contributed by atoms with van der Waals surface area (Å²) in [5.41, 5.74) is 3.77. The van der Waals surface area contributed by atoms with Gasteiger partial charge in [0.25, 0.3) is 0 Å². The van der Waals surface area contributed by atoms with Crippen molar-refractivity contribution in [1.29, 1.82) is 0 Å². The quantitative estimate of drug-likeness (QED) is 0.580. The highest BCUT2D eigenvalue weighted by molar-refractivity contribution is 5.92. The van der Waals surface area contributed by atoms with Crippen LogP contribution in [0.1, 0.15) is 47.8 Å². The number of hydrogen-bond acceptors (Lipinski definition) is 2. The predicted molar refractivity (Wildman–Crippen MR) is 90.8 cm³/mol. The van der Waals surface area contributed by atoms with E-state index in [0.717, 1.165) is 11.1 Å². The standard InChI is InChI=1S/C20H22O2/c1-14-13-17(20(3,4)5)11-12-18(14)15(2)22-19(21)16-9-7-6-8-10-16/h6-13H,2H2,1,3-5H3. The summed E-state index contributed by atoms with van der Waals surface area (Å²) in [7, 11) is 0. The van der Waals surface area contributed by atoms with E-state index in [9.17, 15) is 4.79 Å². The zero-order valence-corrected chi connectivity index (χ0v) is 13.6. The van der Waals surface area contributed by atoms with Crippen LogP contribution in [0.2, 0.25) is 0 Å². The summed E-state index contributed by atoms with van der Waals surface area (Å²) in [6, 6.07) is 15.1. The van der Waals surface area contributed by atoms with Crippen LogP contribution in [0.4, 0.5) is 0 Å². The third-order valence-electron chi connectivity index (χ3n) is 3.62. The van der Waals surface area contributed by atoms with Gasteiger partial charge in [-0.2, -0.15) is 0 Å². The lowest BCUT2D eigenvalue weighted by atomic mass is 9.85. The molecule has 2 aromatic rings. The molecule has 0 saturated carbocycles. The first-order chi connectivity index (χ1) is 10.3. The van der Waals surface area contributed by atoms with E-state index < -0.39 is 0 Å². The molecule has 0 aliphatic heterocycles. The summed E-state index contributed by atoms with van der Waals surface area (Å²) in [6.07, 6.45) is 0. The van der Waals surface area contributed by atoms with Crippen LogP contribution in [0.25, 0.3) is 5.76 Å². The van der Waals surface area contributed by atoms with Crippen molar-refractivity contribution in [2.24, 2.45) is 0 Å². The molecular weight excluding hydrogens is 272 g/mol. The van der Waals surface area contributed by atoms with Crippen molar-refractivity contribution >= 4 is 11.7 Å². The average Bonchev–Trinajstić information content (AvgIpc) is 2.46. The lowest BCUT2D eigenvalue weighted by molar-refractivity contribution is 0.0693. The Morgan fingerprint density at radius 3 is 2.23 bits per heavy atom. The number of ether oxygens (including phenoxy) is 1. The number of hydrogen-bond donors (Lipinski definition) is 0. The molecule has 2 nitrogen and oxygen atoms in total. The van der Waals surface area contributed by atoms with Crippen molar-refractivity contribution in [3.63, 3.8) is 0 Å². The molecule has 0 spiro atoms. The normalized spacial score (nSPS) is 11.1. The van der Waals surface area contributed by atoms with E-state index in [2.05, 4.69) is 39.5 Å². The maximum absolute atomic E-state index is 12.1. The Morgan fingerprint density at radius 1 is 1.05 bits per heavy atom.